The molecule has 1 heterocycles. The molecule has 6 heteroatoms. The monoisotopic (exact) mass is 284 g/mol. The molecule has 20 heavy (non-hydrogen) atoms. The maximum Gasteiger partial charge on any atom is 0.142 e. The van der Waals surface area contributed by atoms with Gasteiger partial charge >= 0.3 is 0 Å². The predicted octanol–water partition coefficient (Wildman–Crippen LogP) is 0.859. The van der Waals surface area contributed by atoms with Gasteiger partial charge in [-0.15, -0.1) is 0 Å². The second-order valence-electron chi connectivity index (χ2n) is 4.08. The van der Waals surface area contributed by atoms with Gasteiger partial charge < -0.3 is 24.3 Å². The molecule has 6 nitrogen and oxygen atoms in total. The van der Waals surface area contributed by atoms with Gasteiger partial charge in [-0.05, 0) is 13.1 Å². The third kappa shape index (κ3) is 7.40. The molecular formula is C14H24N2O4. The van der Waals surface area contributed by atoms with Crippen LogP contribution in [0.25, 0.3) is 0 Å². The van der Waals surface area contributed by atoms with E-state index in [2.05, 4.69) is 10.3 Å². The molecule has 0 amide bonds. The van der Waals surface area contributed by atoms with Crippen LogP contribution in [0.15, 0.2) is 18.5 Å². The smallest absolute Gasteiger partial charge is 0.142 e. The number of nitrogens with zero attached hydrogens (tertiary/aromatic N) is 1. The molecule has 0 saturated carbocycles. The van der Waals surface area contributed by atoms with Gasteiger partial charge in [-0.25, -0.2) is 0 Å². The lowest BCUT2D eigenvalue weighted by atomic mass is 10.2. The summed E-state index contributed by atoms with van der Waals surface area (Å²) in [5, 5.41) is 3.09. The van der Waals surface area contributed by atoms with Crippen LogP contribution >= 0.6 is 0 Å². The van der Waals surface area contributed by atoms with Gasteiger partial charge in [-0.3, -0.25) is 4.98 Å². The van der Waals surface area contributed by atoms with E-state index in [4.69, 9.17) is 18.9 Å². The van der Waals surface area contributed by atoms with E-state index >= 15 is 0 Å². The van der Waals surface area contributed by atoms with Crippen molar-refractivity contribution in [2.24, 2.45) is 0 Å². The van der Waals surface area contributed by atoms with E-state index in [1.807, 2.05) is 13.1 Å². The Morgan fingerprint density at radius 1 is 1.05 bits per heavy atom. The van der Waals surface area contributed by atoms with Crippen molar-refractivity contribution in [2.75, 3.05) is 53.8 Å². The highest BCUT2D eigenvalue weighted by Crippen LogP contribution is 2.15. The minimum atomic E-state index is 0.500. The van der Waals surface area contributed by atoms with E-state index in [0.717, 1.165) is 17.9 Å². The quantitative estimate of drug-likeness (QED) is 0.574. The number of pyridine rings is 1. The Labute approximate surface area is 120 Å². The predicted molar refractivity (Wildman–Crippen MR) is 76.0 cm³/mol. The summed E-state index contributed by atoms with van der Waals surface area (Å²) in [7, 11) is 3.55. The Hall–Kier alpha value is -1.21. The number of aromatic nitrogens is 1. The maximum atomic E-state index is 5.65. The van der Waals surface area contributed by atoms with E-state index in [0.29, 0.717) is 39.6 Å². The second kappa shape index (κ2) is 11.6. The Morgan fingerprint density at radius 2 is 1.75 bits per heavy atom. The number of hydrogen-bond donors (Lipinski definition) is 1. The van der Waals surface area contributed by atoms with Crippen LogP contribution in [0.2, 0.25) is 0 Å². The molecule has 0 aliphatic heterocycles. The standard InChI is InChI=1S/C14H24N2O4/c1-15-11-13-3-4-16-12-14(13)20-10-9-19-8-7-18-6-5-17-2/h3-4,12,15H,5-11H2,1-2H3. The highest BCUT2D eigenvalue weighted by molar-refractivity contribution is 5.29. The van der Waals surface area contributed by atoms with Crippen molar-refractivity contribution in [3.05, 3.63) is 24.0 Å². The van der Waals surface area contributed by atoms with E-state index in [1.54, 1.807) is 19.5 Å². The maximum absolute atomic E-state index is 5.65. The summed E-state index contributed by atoms with van der Waals surface area (Å²) in [6, 6.07) is 1.94. The molecule has 0 fully saturated rings. The van der Waals surface area contributed by atoms with Crippen molar-refractivity contribution in [1.29, 1.82) is 0 Å². The molecule has 0 aliphatic carbocycles. The number of nitrogens with one attached hydrogen (secondary N) is 1. The highest BCUT2D eigenvalue weighted by Gasteiger charge is 2.02. The highest BCUT2D eigenvalue weighted by atomic mass is 16.6. The van der Waals surface area contributed by atoms with Crippen molar-refractivity contribution in [1.82, 2.24) is 10.3 Å². The Morgan fingerprint density at radius 3 is 2.45 bits per heavy atom. The van der Waals surface area contributed by atoms with Crippen LogP contribution < -0.4 is 10.1 Å². The summed E-state index contributed by atoms with van der Waals surface area (Å²) in [6.45, 7) is 4.12. The zero-order valence-corrected chi connectivity index (χ0v) is 12.3. The number of rotatable bonds is 12. The van der Waals surface area contributed by atoms with Crippen LogP contribution in [-0.2, 0) is 20.8 Å². The lowest BCUT2D eigenvalue weighted by Crippen LogP contribution is -2.13. The van der Waals surface area contributed by atoms with Crippen molar-refractivity contribution < 1.29 is 18.9 Å². The largest absolute Gasteiger partial charge is 0.489 e. The summed E-state index contributed by atoms with van der Waals surface area (Å²) in [5.74, 6) is 0.793. The summed E-state index contributed by atoms with van der Waals surface area (Å²) in [5.41, 5.74) is 1.09. The Balaban J connectivity index is 2.06. The molecule has 1 aromatic heterocycles. The van der Waals surface area contributed by atoms with Crippen molar-refractivity contribution in [3.63, 3.8) is 0 Å². The van der Waals surface area contributed by atoms with Crippen LogP contribution in [0.5, 0.6) is 5.75 Å². The van der Waals surface area contributed by atoms with Gasteiger partial charge in [0.25, 0.3) is 0 Å². The fourth-order valence-electron chi connectivity index (χ4n) is 1.55. The summed E-state index contributed by atoms with van der Waals surface area (Å²) in [6.07, 6.45) is 3.48. The molecule has 0 aliphatic rings. The van der Waals surface area contributed by atoms with Gasteiger partial charge in [0.2, 0.25) is 0 Å². The minimum Gasteiger partial charge on any atom is -0.489 e. The molecule has 0 radical (unpaired) electrons. The van der Waals surface area contributed by atoms with Gasteiger partial charge in [0.05, 0.1) is 39.2 Å². The Bertz CT molecular complexity index is 350. The second-order valence-corrected chi connectivity index (χ2v) is 4.08. The molecule has 0 atom stereocenters. The fourth-order valence-corrected chi connectivity index (χ4v) is 1.55. The topological polar surface area (TPSA) is 61.8 Å². The third-order valence-electron chi connectivity index (χ3n) is 2.53. The van der Waals surface area contributed by atoms with Crippen LogP contribution in [0.4, 0.5) is 0 Å². The van der Waals surface area contributed by atoms with E-state index < -0.39 is 0 Å². The lowest BCUT2D eigenvalue weighted by Gasteiger charge is -2.11. The molecule has 0 unspecified atom stereocenters. The van der Waals surface area contributed by atoms with Gasteiger partial charge in [-0.1, -0.05) is 0 Å². The van der Waals surface area contributed by atoms with Crippen LogP contribution in [-0.4, -0.2) is 58.8 Å². The number of hydrogen-bond acceptors (Lipinski definition) is 6. The first kappa shape index (κ1) is 16.8. The summed E-state index contributed by atoms with van der Waals surface area (Å²) in [4.78, 5) is 4.06. The molecule has 1 N–H and O–H groups in total. The molecular weight excluding hydrogens is 260 g/mol. The molecule has 1 aromatic rings. The van der Waals surface area contributed by atoms with Crippen LogP contribution in [0.3, 0.4) is 0 Å². The zero-order chi connectivity index (χ0) is 14.5. The normalized spacial score (nSPS) is 10.7. The molecule has 0 aromatic carbocycles. The average Bonchev–Trinajstić information content (AvgIpc) is 2.47. The van der Waals surface area contributed by atoms with Crippen LogP contribution in [0, 0.1) is 0 Å². The van der Waals surface area contributed by atoms with Gasteiger partial charge in [0.15, 0.2) is 0 Å². The first-order chi connectivity index (χ1) is 9.88. The summed E-state index contributed by atoms with van der Waals surface area (Å²) >= 11 is 0. The number of ether oxygens (including phenoxy) is 4. The SMILES string of the molecule is CNCc1ccncc1OCCOCCOCCOC. The van der Waals surface area contributed by atoms with Crippen molar-refractivity contribution >= 4 is 0 Å². The minimum absolute atomic E-state index is 0.500. The van der Waals surface area contributed by atoms with Gasteiger partial charge in [-0.2, -0.15) is 0 Å². The fraction of sp³-hybridized carbons (Fsp3) is 0.643. The molecule has 114 valence electrons. The lowest BCUT2D eigenvalue weighted by molar-refractivity contribution is 0.0179. The average molecular weight is 284 g/mol. The van der Waals surface area contributed by atoms with Crippen molar-refractivity contribution in [3.8, 4) is 5.75 Å². The molecule has 0 spiro atoms. The van der Waals surface area contributed by atoms with E-state index in [-0.39, 0.29) is 0 Å². The first-order valence-corrected chi connectivity index (χ1v) is 6.73. The van der Waals surface area contributed by atoms with Gasteiger partial charge in [0.1, 0.15) is 12.4 Å². The van der Waals surface area contributed by atoms with E-state index in [9.17, 15) is 0 Å². The molecule has 0 saturated heterocycles. The first-order valence-electron chi connectivity index (χ1n) is 6.73. The number of methoxy groups -OCH3 is 1. The zero-order valence-electron chi connectivity index (χ0n) is 12.3. The van der Waals surface area contributed by atoms with E-state index in [1.165, 1.54) is 0 Å². The summed E-state index contributed by atoms with van der Waals surface area (Å²) < 4.78 is 21.2. The van der Waals surface area contributed by atoms with Crippen molar-refractivity contribution in [2.45, 2.75) is 6.54 Å². The van der Waals surface area contributed by atoms with Crippen LogP contribution in [0.1, 0.15) is 5.56 Å². The molecule has 0 bridgehead atoms. The Kier molecular flexibility index (Phi) is 9.77. The van der Waals surface area contributed by atoms with Gasteiger partial charge in [0, 0.05) is 25.4 Å². The molecule has 1 rings (SSSR count). The third-order valence-corrected chi connectivity index (χ3v) is 2.53.